The summed E-state index contributed by atoms with van der Waals surface area (Å²) >= 11 is 0. The highest BCUT2D eigenvalue weighted by Crippen LogP contribution is 1.71. The Morgan fingerprint density at radius 3 is 2.00 bits per heavy atom. The summed E-state index contributed by atoms with van der Waals surface area (Å²) < 4.78 is 0. The molecule has 0 unspecified atom stereocenters. The number of hydrogen-bond acceptors (Lipinski definition) is 0. The van der Waals surface area contributed by atoms with Crippen LogP contribution in [-0.2, 0) is 0 Å². The Hall–Kier alpha value is -0.700. The maximum absolute atomic E-state index is 2.62. The monoisotopic (exact) mass is 49.0 g/mol. The summed E-state index contributed by atoms with van der Waals surface area (Å²) in [4.78, 5) is 0. The van der Waals surface area contributed by atoms with E-state index in [4.69, 9.17) is 0 Å². The highest BCUT2D eigenvalue weighted by molar-refractivity contribution is 5.02. The van der Waals surface area contributed by atoms with Crippen molar-refractivity contribution >= 4 is 0 Å². The van der Waals surface area contributed by atoms with Gasteiger partial charge in [-0.2, -0.15) is 0 Å². The van der Waals surface area contributed by atoms with E-state index in [1.165, 1.54) is 0 Å². The molecule has 1 aliphatic rings. The van der Waals surface area contributed by atoms with Gasteiger partial charge in [0.2, 0.25) is 0 Å². The van der Waals surface area contributed by atoms with Gasteiger partial charge in [0.15, 0.2) is 0 Å². The van der Waals surface area contributed by atoms with Gasteiger partial charge >= 0.3 is 0 Å². The van der Waals surface area contributed by atoms with Crippen LogP contribution < -0.4 is 0 Å². The lowest BCUT2D eigenvalue weighted by Gasteiger charge is -1.74. The van der Waals surface area contributed by atoms with E-state index in [0.29, 0.717) is 0 Å². The standard InChI is InChI=1S/C4H/c1-2-4-3-1/h1H/q-1. The predicted octanol–water partition coefficient (Wildman–Crippen LogP) is 0.670. The molecule has 0 heterocycles. The van der Waals surface area contributed by atoms with Gasteiger partial charge in [-0.3, -0.25) is 0 Å². The van der Waals surface area contributed by atoms with Crippen LogP contribution in [0.15, 0.2) is 17.5 Å². The Kier molecular flexibility index (Phi) is 0.143. The fraction of sp³-hybridized carbons (Fsp3) is 0. The lowest BCUT2D eigenvalue weighted by Crippen LogP contribution is -1.44. The van der Waals surface area contributed by atoms with E-state index in [1.807, 2.05) is 0 Å². The van der Waals surface area contributed by atoms with Crippen LogP contribution in [0.1, 0.15) is 0 Å². The van der Waals surface area contributed by atoms with Crippen LogP contribution in [0.25, 0.3) is 0 Å². The predicted molar refractivity (Wildman–Crippen MR) is 14.8 cm³/mol. The Morgan fingerprint density at radius 2 is 2.00 bits per heavy atom. The van der Waals surface area contributed by atoms with E-state index in [1.54, 1.807) is 6.08 Å². The van der Waals surface area contributed by atoms with E-state index >= 15 is 0 Å². The quantitative estimate of drug-likeness (QED) is 0.279. The zero-order chi connectivity index (χ0) is 2.83. The van der Waals surface area contributed by atoms with E-state index in [9.17, 15) is 0 Å². The van der Waals surface area contributed by atoms with Crippen molar-refractivity contribution in [2.24, 2.45) is 0 Å². The lowest BCUT2D eigenvalue weighted by molar-refractivity contribution is 1.85. The average Bonchev–Trinajstić information content (AvgIpc) is 0.722. The topological polar surface area (TPSA) is 0 Å². The van der Waals surface area contributed by atoms with Crippen LogP contribution in [0.5, 0.6) is 0 Å². The highest BCUT2D eigenvalue weighted by Gasteiger charge is 1.41. The molecular formula is C4H-. The summed E-state index contributed by atoms with van der Waals surface area (Å²) in [5.74, 6) is 0. The first kappa shape index (κ1) is 1.60. The zero-order valence-electron chi connectivity index (χ0n) is 2.08. The van der Waals surface area contributed by atoms with Gasteiger partial charge in [-0.05, 0) is 0 Å². The minimum absolute atomic E-state index is 1.69. The molecular weight excluding hydrogens is 48.0 g/mol. The smallest absolute Gasteiger partial charge is 0.121 e. The molecule has 0 saturated heterocycles. The summed E-state index contributed by atoms with van der Waals surface area (Å²) in [6.45, 7) is 0. The first-order valence-corrected chi connectivity index (χ1v) is 1.08. The molecule has 4 heavy (non-hydrogen) atoms. The lowest BCUT2D eigenvalue weighted by atomic mass is 10.4. The molecule has 18 valence electrons. The van der Waals surface area contributed by atoms with E-state index in [-0.39, 0.29) is 0 Å². The summed E-state index contributed by atoms with van der Waals surface area (Å²) in [5, 5.41) is 0. The Morgan fingerprint density at radius 1 is 1.75 bits per heavy atom. The molecule has 0 aromatic heterocycles. The van der Waals surface area contributed by atoms with Gasteiger partial charge in [-0.1, -0.05) is 0 Å². The van der Waals surface area contributed by atoms with E-state index in [2.05, 4.69) is 17.5 Å². The highest BCUT2D eigenvalue weighted by atomic mass is 13.6. The molecule has 0 bridgehead atoms. The maximum atomic E-state index is 2.62. The van der Waals surface area contributed by atoms with Gasteiger partial charge in [0.1, 0.15) is 0 Å². The van der Waals surface area contributed by atoms with Crippen LogP contribution in [0.4, 0.5) is 0 Å². The molecule has 0 saturated carbocycles. The van der Waals surface area contributed by atoms with Gasteiger partial charge < -0.3 is 0 Å². The van der Waals surface area contributed by atoms with Gasteiger partial charge in [0.05, 0.1) is 0 Å². The molecule has 0 spiro atoms. The molecule has 1 aliphatic carbocycles. The SMILES string of the molecule is C1=C=C[C-]=1. The second kappa shape index (κ2) is 0.357. The zero-order valence-corrected chi connectivity index (χ0v) is 2.08. The first-order chi connectivity index (χ1) is 2.00. The molecule has 0 N–H and O–H groups in total. The molecule has 0 aliphatic heterocycles. The van der Waals surface area contributed by atoms with Crippen molar-refractivity contribution in [3.05, 3.63) is 23.6 Å². The fourth-order valence-corrected chi connectivity index (χ4v) is 0.0722. The molecule has 0 radical (unpaired) electrons. The molecule has 0 nitrogen and oxygen atoms in total. The largest absolute Gasteiger partial charge is 0.237 e. The minimum atomic E-state index is 1.69. The van der Waals surface area contributed by atoms with Crippen molar-refractivity contribution in [3.63, 3.8) is 0 Å². The van der Waals surface area contributed by atoms with Gasteiger partial charge in [0, 0.05) is 0 Å². The molecule has 0 atom stereocenters. The summed E-state index contributed by atoms with van der Waals surface area (Å²) in [6.07, 6.45) is 4.32. The van der Waals surface area contributed by atoms with Crippen molar-refractivity contribution in [2.75, 3.05) is 0 Å². The fourth-order valence-electron chi connectivity index (χ4n) is 0.0722. The molecule has 0 aromatic carbocycles. The Balaban J connectivity index is 3.59. The van der Waals surface area contributed by atoms with Crippen LogP contribution in [0.3, 0.4) is 0 Å². The summed E-state index contributed by atoms with van der Waals surface area (Å²) in [6, 6.07) is 0. The third kappa shape index (κ3) is 0.0107. The molecule has 0 aromatic rings. The molecule has 0 amide bonds. The second-order valence-electron chi connectivity index (χ2n) is 0.558. The molecule has 1 rings (SSSR count). The van der Waals surface area contributed by atoms with Crippen LogP contribution in [-0.4, -0.2) is 0 Å². The van der Waals surface area contributed by atoms with Gasteiger partial charge in [-0.25, -0.2) is 11.5 Å². The average molecular weight is 49.1 g/mol. The minimum Gasteiger partial charge on any atom is -0.237 e. The van der Waals surface area contributed by atoms with Crippen molar-refractivity contribution < 1.29 is 0 Å². The Labute approximate surface area is 24.8 Å². The van der Waals surface area contributed by atoms with E-state index in [0.717, 1.165) is 0 Å². The van der Waals surface area contributed by atoms with Gasteiger partial charge in [0.25, 0.3) is 0 Å². The van der Waals surface area contributed by atoms with Gasteiger partial charge in [-0.15, -0.1) is 12.2 Å². The third-order valence-corrected chi connectivity index (χ3v) is 0.289. The van der Waals surface area contributed by atoms with Crippen LogP contribution >= 0.6 is 0 Å². The second-order valence-corrected chi connectivity index (χ2v) is 0.558. The number of hydrogen-bond donors (Lipinski definition) is 0. The molecule has 0 heteroatoms. The molecule has 0 fully saturated rings. The summed E-state index contributed by atoms with van der Waals surface area (Å²) in [7, 11) is 0. The van der Waals surface area contributed by atoms with Crippen LogP contribution in [0, 0.1) is 6.08 Å². The number of rotatable bonds is 0. The first-order valence-electron chi connectivity index (χ1n) is 1.08. The van der Waals surface area contributed by atoms with Crippen molar-refractivity contribution in [1.29, 1.82) is 0 Å². The van der Waals surface area contributed by atoms with Crippen LogP contribution in [0.2, 0.25) is 0 Å². The number of allylic oxidation sites excluding steroid dienone is 2. The normalized spacial score (nSPS) is 12.0. The van der Waals surface area contributed by atoms with E-state index < -0.39 is 0 Å². The van der Waals surface area contributed by atoms with Crippen molar-refractivity contribution in [1.82, 2.24) is 0 Å². The third-order valence-electron chi connectivity index (χ3n) is 0.289. The maximum Gasteiger partial charge on any atom is -0.121 e. The van der Waals surface area contributed by atoms with Crippen molar-refractivity contribution in [3.8, 4) is 0 Å². The Bertz CT molecular complexity index is 83.2. The van der Waals surface area contributed by atoms with Crippen molar-refractivity contribution in [2.45, 2.75) is 0 Å². The summed E-state index contributed by atoms with van der Waals surface area (Å²) in [5.41, 5.74) is 5.18.